The normalized spacial score (nSPS) is 16.6. The van der Waals surface area contributed by atoms with E-state index in [0.29, 0.717) is 0 Å². The highest BCUT2D eigenvalue weighted by Gasteiger charge is 2.37. The molecule has 0 radical (unpaired) electrons. The smallest absolute Gasteiger partial charge is 0.206 e. The third-order valence-electron chi connectivity index (χ3n) is 6.30. The fraction of sp³-hybridized carbons (Fsp3) is 0.214. The number of fused-ring (bicyclic) bond motifs is 1. The zero-order valence-corrected chi connectivity index (χ0v) is 21.3. The minimum absolute atomic E-state index is 0.0733. The van der Waals surface area contributed by atoms with Crippen molar-refractivity contribution in [1.82, 2.24) is 4.68 Å². The second-order valence-corrected chi connectivity index (χ2v) is 10.6. The number of hydrogen-bond donors (Lipinski definition) is 0. The fourth-order valence-corrected chi connectivity index (χ4v) is 6.17. The third-order valence-corrected chi connectivity index (χ3v) is 8.05. The van der Waals surface area contributed by atoms with Crippen LogP contribution in [0.3, 0.4) is 0 Å². The zero-order valence-electron chi connectivity index (χ0n) is 19.7. The highest BCUT2D eigenvalue weighted by atomic mass is 32.1. The van der Waals surface area contributed by atoms with Crippen molar-refractivity contribution in [3.63, 3.8) is 0 Å². The van der Waals surface area contributed by atoms with E-state index in [0.717, 1.165) is 23.5 Å². The topological polar surface area (TPSA) is 32.9 Å². The number of thiazole rings is 1. The molecular weight excluding hydrogens is 456 g/mol. The van der Waals surface area contributed by atoms with Gasteiger partial charge in [-0.3, -0.25) is 4.99 Å². The van der Waals surface area contributed by atoms with Crippen LogP contribution < -0.4 is 9.70 Å². The molecule has 0 bridgehead atoms. The molecule has 0 fully saturated rings. The Hall–Kier alpha value is -3.22. The summed E-state index contributed by atoms with van der Waals surface area (Å²) in [6, 6.07) is 23.3. The molecule has 2 aromatic carbocycles. The summed E-state index contributed by atoms with van der Waals surface area (Å²) in [5.74, 6) is 0. The van der Waals surface area contributed by atoms with Gasteiger partial charge >= 0.3 is 0 Å². The summed E-state index contributed by atoms with van der Waals surface area (Å²) in [4.78, 5) is 9.27. The van der Waals surface area contributed by atoms with E-state index in [-0.39, 0.29) is 5.41 Å². The van der Waals surface area contributed by atoms with E-state index in [1.54, 1.807) is 22.7 Å². The molecule has 1 aliphatic heterocycles. The van der Waals surface area contributed by atoms with Crippen molar-refractivity contribution in [3.05, 3.63) is 105 Å². The van der Waals surface area contributed by atoms with Crippen LogP contribution in [0.15, 0.2) is 99.4 Å². The van der Waals surface area contributed by atoms with Crippen molar-refractivity contribution < 1.29 is 0 Å². The van der Waals surface area contributed by atoms with Gasteiger partial charge in [0.05, 0.1) is 10.6 Å². The highest BCUT2D eigenvalue weighted by Crippen LogP contribution is 2.46. The van der Waals surface area contributed by atoms with Crippen LogP contribution in [-0.4, -0.2) is 24.5 Å². The molecule has 4 aromatic rings. The molecule has 0 saturated heterocycles. The maximum Gasteiger partial charge on any atom is 0.206 e. The van der Waals surface area contributed by atoms with Crippen molar-refractivity contribution in [2.45, 2.75) is 25.7 Å². The quantitative estimate of drug-likeness (QED) is 0.285. The standard InChI is InChI=1S/C28H28N4S2/c1-28(2)22-12-7-8-13-23(22)31(3)26(28)16-18-30-32-24(25-14-9-19-33-25)20-34-27(32)29-17-15-21-10-5-4-6-11-21/h4-14,16,18-20H,15,17H2,1-3H3/b26-16-,29-27?,30-18-. The third kappa shape index (κ3) is 4.31. The number of allylic oxidation sites excluding steroid dienone is 2. The average molecular weight is 485 g/mol. The second-order valence-electron chi connectivity index (χ2n) is 8.83. The summed E-state index contributed by atoms with van der Waals surface area (Å²) >= 11 is 3.36. The Balaban J connectivity index is 1.47. The molecule has 4 nitrogen and oxygen atoms in total. The minimum atomic E-state index is -0.0733. The molecule has 0 spiro atoms. The molecule has 5 rings (SSSR count). The lowest BCUT2D eigenvalue weighted by atomic mass is 9.84. The Morgan fingerprint density at radius 3 is 2.50 bits per heavy atom. The van der Waals surface area contributed by atoms with Crippen molar-refractivity contribution >= 4 is 34.6 Å². The molecule has 0 N–H and O–H groups in total. The van der Waals surface area contributed by atoms with Crippen LogP contribution in [0.25, 0.3) is 10.6 Å². The molecule has 0 saturated carbocycles. The van der Waals surface area contributed by atoms with E-state index < -0.39 is 0 Å². The lowest BCUT2D eigenvalue weighted by Crippen LogP contribution is -2.23. The highest BCUT2D eigenvalue weighted by molar-refractivity contribution is 7.14. The molecule has 2 aromatic heterocycles. The molecule has 0 atom stereocenters. The molecule has 0 unspecified atom stereocenters. The molecular formula is C28H28N4S2. The number of benzene rings is 2. The van der Waals surface area contributed by atoms with Gasteiger partial charge < -0.3 is 4.90 Å². The van der Waals surface area contributed by atoms with Crippen molar-refractivity contribution in [3.8, 4) is 10.6 Å². The van der Waals surface area contributed by atoms with Gasteiger partial charge in [0, 0.05) is 42.0 Å². The Bertz CT molecular complexity index is 1390. The number of thiophene rings is 1. The first-order chi connectivity index (χ1) is 16.6. The number of aromatic nitrogens is 1. The number of hydrogen-bond acceptors (Lipinski definition) is 5. The summed E-state index contributed by atoms with van der Waals surface area (Å²) in [5, 5.41) is 9.14. The Labute approximate surface area is 208 Å². The van der Waals surface area contributed by atoms with Gasteiger partial charge in [-0.25, -0.2) is 4.68 Å². The van der Waals surface area contributed by atoms with Gasteiger partial charge in [0.15, 0.2) is 0 Å². The fourth-order valence-electron chi connectivity index (χ4n) is 4.51. The lowest BCUT2D eigenvalue weighted by Gasteiger charge is -2.23. The molecule has 1 aliphatic rings. The summed E-state index contributed by atoms with van der Waals surface area (Å²) < 4.78 is 1.98. The molecule has 0 amide bonds. The largest absolute Gasteiger partial charge is 0.347 e. The number of likely N-dealkylation sites (N-methyl/N-ethyl adjacent to an activating group) is 1. The molecule has 34 heavy (non-hydrogen) atoms. The lowest BCUT2D eigenvalue weighted by molar-refractivity contribution is 0.641. The van der Waals surface area contributed by atoms with Crippen LogP contribution in [0.4, 0.5) is 5.69 Å². The maximum atomic E-state index is 4.90. The van der Waals surface area contributed by atoms with E-state index in [1.807, 2.05) is 17.0 Å². The van der Waals surface area contributed by atoms with Crippen LogP contribution in [-0.2, 0) is 11.8 Å². The number of nitrogens with zero attached hydrogens (tertiary/aromatic N) is 4. The van der Waals surface area contributed by atoms with Crippen LogP contribution >= 0.6 is 22.7 Å². The summed E-state index contributed by atoms with van der Waals surface area (Å²) in [6.07, 6.45) is 4.97. The van der Waals surface area contributed by atoms with Crippen LogP contribution in [0.5, 0.6) is 0 Å². The van der Waals surface area contributed by atoms with Crippen LogP contribution in [0.1, 0.15) is 25.0 Å². The van der Waals surface area contributed by atoms with Gasteiger partial charge in [-0.15, -0.1) is 22.7 Å². The Kier molecular flexibility index (Phi) is 6.35. The number of rotatable bonds is 6. The predicted octanol–water partition coefficient (Wildman–Crippen LogP) is 6.57. The first-order valence-corrected chi connectivity index (χ1v) is 13.2. The number of para-hydroxylation sites is 1. The zero-order chi connectivity index (χ0) is 23.5. The van der Waals surface area contributed by atoms with Crippen LogP contribution in [0, 0.1) is 0 Å². The first kappa shape index (κ1) is 22.6. The molecule has 172 valence electrons. The molecule has 6 heteroatoms. The second kappa shape index (κ2) is 9.57. The Morgan fingerprint density at radius 1 is 0.941 bits per heavy atom. The maximum absolute atomic E-state index is 4.90. The summed E-state index contributed by atoms with van der Waals surface area (Å²) in [7, 11) is 2.13. The van der Waals surface area contributed by atoms with Crippen molar-refractivity contribution in [2.75, 3.05) is 18.5 Å². The van der Waals surface area contributed by atoms with Crippen LogP contribution in [0.2, 0.25) is 0 Å². The monoisotopic (exact) mass is 484 g/mol. The SMILES string of the molecule is CN1/C(=C\C=N/n2c(-c3cccs3)csc2=NCCc2ccccc2)C(C)(C)c2ccccc21. The van der Waals surface area contributed by atoms with E-state index >= 15 is 0 Å². The Morgan fingerprint density at radius 2 is 1.74 bits per heavy atom. The van der Waals surface area contributed by atoms with Gasteiger partial charge in [-0.2, -0.15) is 5.10 Å². The van der Waals surface area contributed by atoms with Crippen molar-refractivity contribution in [2.24, 2.45) is 10.1 Å². The summed E-state index contributed by atoms with van der Waals surface area (Å²) in [5.41, 5.74) is 6.13. The first-order valence-electron chi connectivity index (χ1n) is 11.4. The summed E-state index contributed by atoms with van der Waals surface area (Å²) in [6.45, 7) is 5.28. The number of anilines is 1. The van der Waals surface area contributed by atoms with Gasteiger partial charge in [0.2, 0.25) is 4.80 Å². The minimum Gasteiger partial charge on any atom is -0.347 e. The van der Waals surface area contributed by atoms with E-state index in [4.69, 9.17) is 10.1 Å². The molecule has 3 heterocycles. The predicted molar refractivity (Wildman–Crippen MR) is 146 cm³/mol. The van der Waals surface area contributed by atoms with E-state index in [2.05, 4.69) is 103 Å². The van der Waals surface area contributed by atoms with E-state index in [9.17, 15) is 0 Å². The van der Waals surface area contributed by atoms with Gasteiger partial charge in [-0.05, 0) is 41.1 Å². The average Bonchev–Trinajstić information content (AvgIpc) is 3.56. The van der Waals surface area contributed by atoms with Gasteiger partial charge in [0.25, 0.3) is 0 Å². The van der Waals surface area contributed by atoms with Gasteiger partial charge in [0.1, 0.15) is 0 Å². The van der Waals surface area contributed by atoms with Crippen molar-refractivity contribution in [1.29, 1.82) is 0 Å². The van der Waals surface area contributed by atoms with Gasteiger partial charge in [-0.1, -0.05) is 68.4 Å². The van der Waals surface area contributed by atoms with E-state index in [1.165, 1.54) is 27.4 Å². The molecule has 0 aliphatic carbocycles.